The van der Waals surface area contributed by atoms with Gasteiger partial charge in [0.1, 0.15) is 17.7 Å². The fourth-order valence-electron chi connectivity index (χ4n) is 2.88. The van der Waals surface area contributed by atoms with E-state index in [1.54, 1.807) is 21.0 Å². The van der Waals surface area contributed by atoms with E-state index in [2.05, 4.69) is 10.4 Å². The van der Waals surface area contributed by atoms with Crippen molar-refractivity contribution in [1.82, 2.24) is 20.1 Å². The van der Waals surface area contributed by atoms with Gasteiger partial charge in [-0.05, 0) is 45.1 Å². The maximum Gasteiger partial charge on any atom is 0.323 e. The van der Waals surface area contributed by atoms with E-state index in [1.165, 1.54) is 0 Å². The zero-order valence-corrected chi connectivity index (χ0v) is 13.6. The Labute approximate surface area is 134 Å². The van der Waals surface area contributed by atoms with Gasteiger partial charge in [0.05, 0.1) is 6.21 Å². The highest BCUT2D eigenvalue weighted by atomic mass is 32.1. The molecule has 8 heteroatoms. The number of fused-ring (bicyclic) bond motifs is 1. The lowest BCUT2D eigenvalue weighted by Crippen LogP contribution is -2.43. The lowest BCUT2D eigenvalue weighted by atomic mass is 10.4. The van der Waals surface area contributed by atoms with Crippen LogP contribution in [0.1, 0.15) is 25.4 Å². The number of thiocarbonyl (C=S) groups is 1. The minimum atomic E-state index is -0.225. The molecular weight excluding hydrogens is 302 g/mol. The summed E-state index contributed by atoms with van der Waals surface area (Å²) in [5, 5.41) is 9.79. The Bertz CT molecular complexity index is 629. The molecule has 2 unspecified atom stereocenters. The van der Waals surface area contributed by atoms with Crippen LogP contribution in [0.4, 0.5) is 4.79 Å². The number of likely N-dealkylation sites (N-methyl/N-ethyl adjacent to an activating group) is 2. The fourth-order valence-corrected chi connectivity index (χ4v) is 3.15. The van der Waals surface area contributed by atoms with Crippen LogP contribution in [0.5, 0.6) is 0 Å². The second kappa shape index (κ2) is 5.60. The number of furan rings is 1. The van der Waals surface area contributed by atoms with Gasteiger partial charge in [0, 0.05) is 13.1 Å². The molecule has 1 N–H and O–H groups in total. The lowest BCUT2D eigenvalue weighted by Gasteiger charge is -2.25. The number of carbonyl (C=O) groups is 1. The quantitative estimate of drug-likeness (QED) is 0.673. The topological polar surface area (TPSA) is 64.3 Å². The standard InChI is InChI=1S/C14H19N5O2S/c1-4-17-11-12(18(5-2)14(17)20)19(13(22)16-11)15-8-10-7-6-9(3)21-10/h6-8,11-12H,4-5H2,1-3H3,(H,16,22)/b15-8+. The summed E-state index contributed by atoms with van der Waals surface area (Å²) >= 11 is 5.36. The summed E-state index contributed by atoms with van der Waals surface area (Å²) in [7, 11) is 0. The molecule has 2 amide bonds. The molecule has 0 saturated carbocycles. The number of hydrogen-bond donors (Lipinski definition) is 1. The number of amides is 2. The number of urea groups is 1. The highest BCUT2D eigenvalue weighted by molar-refractivity contribution is 7.80. The molecule has 0 bridgehead atoms. The largest absolute Gasteiger partial charge is 0.460 e. The first-order valence-electron chi connectivity index (χ1n) is 7.34. The van der Waals surface area contributed by atoms with Gasteiger partial charge in [-0.1, -0.05) is 0 Å². The Morgan fingerprint density at radius 3 is 2.68 bits per heavy atom. The molecular formula is C14H19N5O2S. The summed E-state index contributed by atoms with van der Waals surface area (Å²) in [6, 6.07) is 3.73. The third-order valence-corrected chi connectivity index (χ3v) is 4.22. The highest BCUT2D eigenvalue weighted by Crippen LogP contribution is 2.29. The Morgan fingerprint density at radius 1 is 1.36 bits per heavy atom. The molecule has 3 rings (SSSR count). The summed E-state index contributed by atoms with van der Waals surface area (Å²) in [5.41, 5.74) is 0. The second-order valence-electron chi connectivity index (χ2n) is 5.20. The Morgan fingerprint density at radius 2 is 2.09 bits per heavy atom. The molecule has 0 aliphatic carbocycles. The number of aryl methyl sites for hydroxylation is 1. The molecule has 1 aromatic heterocycles. The van der Waals surface area contributed by atoms with Crippen molar-refractivity contribution in [3.63, 3.8) is 0 Å². The maximum atomic E-state index is 12.4. The molecule has 2 aliphatic rings. The highest BCUT2D eigenvalue weighted by Gasteiger charge is 2.53. The van der Waals surface area contributed by atoms with Crippen molar-refractivity contribution in [3.05, 3.63) is 23.7 Å². The summed E-state index contributed by atoms with van der Waals surface area (Å²) < 4.78 is 5.48. The van der Waals surface area contributed by atoms with Gasteiger partial charge < -0.3 is 14.6 Å². The van der Waals surface area contributed by atoms with E-state index in [9.17, 15) is 4.79 Å². The van der Waals surface area contributed by atoms with Crippen molar-refractivity contribution < 1.29 is 9.21 Å². The smallest absolute Gasteiger partial charge is 0.323 e. The number of nitrogens with one attached hydrogen (secondary N) is 1. The third kappa shape index (κ3) is 2.23. The SMILES string of the molecule is CCN1C(=O)N(CC)C2C1NC(=S)N2/N=C/c1ccc(C)o1. The van der Waals surface area contributed by atoms with Crippen LogP contribution in [0.15, 0.2) is 21.7 Å². The van der Waals surface area contributed by atoms with E-state index < -0.39 is 0 Å². The van der Waals surface area contributed by atoms with Crippen LogP contribution in [-0.4, -0.2) is 57.6 Å². The molecule has 118 valence electrons. The van der Waals surface area contributed by atoms with E-state index in [1.807, 2.05) is 32.9 Å². The van der Waals surface area contributed by atoms with E-state index in [4.69, 9.17) is 16.6 Å². The van der Waals surface area contributed by atoms with Crippen LogP contribution in [0.3, 0.4) is 0 Å². The van der Waals surface area contributed by atoms with Gasteiger partial charge in [0.15, 0.2) is 11.3 Å². The lowest BCUT2D eigenvalue weighted by molar-refractivity contribution is 0.157. The van der Waals surface area contributed by atoms with Crippen molar-refractivity contribution in [2.45, 2.75) is 33.1 Å². The predicted molar refractivity (Wildman–Crippen MR) is 86.3 cm³/mol. The zero-order valence-electron chi connectivity index (χ0n) is 12.8. The summed E-state index contributed by atoms with van der Waals surface area (Å²) in [5.74, 6) is 1.48. The van der Waals surface area contributed by atoms with Gasteiger partial charge in [-0.15, -0.1) is 0 Å². The molecule has 1 aromatic rings. The number of rotatable bonds is 4. The molecule has 2 fully saturated rings. The molecule has 3 heterocycles. The number of carbonyl (C=O) groups excluding carboxylic acids is 1. The molecule has 0 spiro atoms. The van der Waals surface area contributed by atoms with Crippen molar-refractivity contribution in [3.8, 4) is 0 Å². The predicted octanol–water partition coefficient (Wildman–Crippen LogP) is 1.54. The molecule has 22 heavy (non-hydrogen) atoms. The van der Waals surface area contributed by atoms with E-state index >= 15 is 0 Å². The van der Waals surface area contributed by atoms with E-state index in [-0.39, 0.29) is 18.4 Å². The van der Waals surface area contributed by atoms with Crippen LogP contribution in [0.2, 0.25) is 0 Å². The van der Waals surface area contributed by atoms with Crippen molar-refractivity contribution in [2.24, 2.45) is 5.10 Å². The van der Waals surface area contributed by atoms with Gasteiger partial charge >= 0.3 is 6.03 Å². The van der Waals surface area contributed by atoms with Crippen LogP contribution in [0.25, 0.3) is 0 Å². The van der Waals surface area contributed by atoms with Gasteiger partial charge in [-0.2, -0.15) is 5.10 Å². The fraction of sp³-hybridized carbons (Fsp3) is 0.500. The minimum Gasteiger partial charge on any atom is -0.460 e. The molecule has 7 nitrogen and oxygen atoms in total. The molecule has 2 saturated heterocycles. The van der Waals surface area contributed by atoms with Gasteiger partial charge in [0.2, 0.25) is 0 Å². The van der Waals surface area contributed by atoms with E-state index in [0.717, 1.165) is 5.76 Å². The van der Waals surface area contributed by atoms with Crippen molar-refractivity contribution in [2.75, 3.05) is 13.1 Å². The van der Waals surface area contributed by atoms with Crippen LogP contribution < -0.4 is 5.32 Å². The molecule has 2 atom stereocenters. The Kier molecular flexibility index (Phi) is 3.78. The number of hydrogen-bond acceptors (Lipinski definition) is 4. The average Bonchev–Trinajstić information content (AvgIpc) is 3.10. The van der Waals surface area contributed by atoms with Crippen LogP contribution >= 0.6 is 12.2 Å². The molecule has 0 aromatic carbocycles. The third-order valence-electron chi connectivity index (χ3n) is 3.91. The molecule has 2 aliphatic heterocycles. The number of nitrogens with zero attached hydrogens (tertiary/aromatic N) is 4. The maximum absolute atomic E-state index is 12.4. The first kappa shape index (κ1) is 14.8. The van der Waals surface area contributed by atoms with Crippen LogP contribution in [-0.2, 0) is 0 Å². The van der Waals surface area contributed by atoms with Gasteiger partial charge in [-0.25, -0.2) is 9.80 Å². The van der Waals surface area contributed by atoms with Crippen molar-refractivity contribution >= 4 is 29.6 Å². The minimum absolute atomic E-state index is 0.00374. The number of hydrazone groups is 1. The summed E-state index contributed by atoms with van der Waals surface area (Å²) in [6.45, 7) is 7.01. The first-order valence-corrected chi connectivity index (χ1v) is 7.75. The summed E-state index contributed by atoms with van der Waals surface area (Å²) in [6.07, 6.45) is 1.23. The van der Waals surface area contributed by atoms with Gasteiger partial charge in [-0.3, -0.25) is 4.90 Å². The normalized spacial score (nSPS) is 24.6. The molecule has 0 radical (unpaired) electrons. The Balaban J connectivity index is 1.86. The summed E-state index contributed by atoms with van der Waals surface area (Å²) in [4.78, 5) is 15.9. The first-order chi connectivity index (χ1) is 10.6. The van der Waals surface area contributed by atoms with Crippen LogP contribution in [0, 0.1) is 6.92 Å². The van der Waals surface area contributed by atoms with Gasteiger partial charge in [0.25, 0.3) is 0 Å². The monoisotopic (exact) mass is 321 g/mol. The second-order valence-corrected chi connectivity index (χ2v) is 5.59. The van der Waals surface area contributed by atoms with E-state index in [0.29, 0.717) is 24.0 Å². The Hall–Kier alpha value is -2.09. The average molecular weight is 321 g/mol. The zero-order chi connectivity index (χ0) is 15.9. The van der Waals surface area contributed by atoms with Crippen molar-refractivity contribution in [1.29, 1.82) is 0 Å².